The molecule has 0 aliphatic carbocycles. The van der Waals surface area contributed by atoms with Crippen LogP contribution in [0.2, 0.25) is 18.1 Å². The highest BCUT2D eigenvalue weighted by atomic mass is 28.4. The Kier molecular flexibility index (Phi) is 4.11. The van der Waals surface area contributed by atoms with Crippen molar-refractivity contribution in [3.63, 3.8) is 0 Å². The maximum atomic E-state index is 11.7. The van der Waals surface area contributed by atoms with E-state index in [0.717, 1.165) is 6.21 Å². The van der Waals surface area contributed by atoms with Crippen LogP contribution in [0.3, 0.4) is 0 Å². The fraction of sp³-hybridized carbons (Fsp3) is 0.429. The minimum absolute atomic E-state index is 0.0772. The van der Waals surface area contributed by atoms with Crippen LogP contribution in [-0.2, 0) is 0 Å². The molecule has 3 nitrogen and oxygen atoms in total. The molecule has 0 atom stereocenters. The van der Waals surface area contributed by atoms with Crippen molar-refractivity contribution in [1.82, 2.24) is 0 Å². The molecule has 0 bridgehead atoms. The second-order valence-corrected chi connectivity index (χ2v) is 10.6. The van der Waals surface area contributed by atoms with Gasteiger partial charge in [-0.15, -0.1) is 0 Å². The summed E-state index contributed by atoms with van der Waals surface area (Å²) in [6, 6.07) is 7.14. The summed E-state index contributed by atoms with van der Waals surface area (Å²) in [4.78, 5) is 11.7. The average molecular weight is 263 g/mol. The van der Waals surface area contributed by atoms with E-state index in [-0.39, 0.29) is 10.8 Å². The fourth-order valence-electron chi connectivity index (χ4n) is 1.26. The van der Waals surface area contributed by atoms with Gasteiger partial charge in [-0.3, -0.25) is 4.79 Å². The number of ketones is 1. The SMILES string of the molecule is CC(C)(C)[Si](C)(C)Oc1ccccc1C(=O)C=N. The molecule has 18 heavy (non-hydrogen) atoms. The Labute approximate surface area is 110 Å². The quantitative estimate of drug-likeness (QED) is 0.509. The number of benzene rings is 1. The Bertz CT molecular complexity index is 461. The lowest BCUT2D eigenvalue weighted by Gasteiger charge is -2.36. The fourth-order valence-corrected chi connectivity index (χ4v) is 2.30. The number of carbonyl (C=O) groups is 1. The van der Waals surface area contributed by atoms with Crippen molar-refractivity contribution in [3.05, 3.63) is 29.8 Å². The number of para-hydroxylation sites is 1. The van der Waals surface area contributed by atoms with Gasteiger partial charge in [-0.2, -0.15) is 0 Å². The van der Waals surface area contributed by atoms with Gasteiger partial charge in [-0.25, -0.2) is 0 Å². The van der Waals surface area contributed by atoms with Crippen molar-refractivity contribution in [1.29, 1.82) is 5.41 Å². The lowest BCUT2D eigenvalue weighted by Crippen LogP contribution is -2.44. The molecule has 0 radical (unpaired) electrons. The smallest absolute Gasteiger partial charge is 0.250 e. The molecule has 1 rings (SSSR count). The molecule has 1 N–H and O–H groups in total. The Morgan fingerprint density at radius 1 is 1.28 bits per heavy atom. The third-order valence-corrected chi connectivity index (χ3v) is 7.80. The molecular weight excluding hydrogens is 242 g/mol. The van der Waals surface area contributed by atoms with E-state index in [1.807, 2.05) is 6.07 Å². The summed E-state index contributed by atoms with van der Waals surface area (Å²) in [5.74, 6) is 0.280. The van der Waals surface area contributed by atoms with Crippen LogP contribution in [0.1, 0.15) is 31.1 Å². The van der Waals surface area contributed by atoms with Crippen molar-refractivity contribution in [2.24, 2.45) is 0 Å². The monoisotopic (exact) mass is 263 g/mol. The Morgan fingerprint density at radius 2 is 1.83 bits per heavy atom. The van der Waals surface area contributed by atoms with Gasteiger partial charge in [0.05, 0.1) is 11.8 Å². The third kappa shape index (κ3) is 3.07. The van der Waals surface area contributed by atoms with Crippen LogP contribution in [0.25, 0.3) is 0 Å². The number of nitrogens with one attached hydrogen (secondary N) is 1. The minimum Gasteiger partial charge on any atom is -0.543 e. The minimum atomic E-state index is -1.96. The van der Waals surface area contributed by atoms with Crippen molar-refractivity contribution >= 4 is 20.3 Å². The molecule has 0 fully saturated rings. The standard InChI is InChI=1S/C14H21NO2Si/c1-14(2,3)18(4,5)17-13-9-7-6-8-11(13)12(16)10-15/h6-10,15H,1-5H3. The number of hydrogen-bond acceptors (Lipinski definition) is 3. The average Bonchev–Trinajstić information content (AvgIpc) is 2.26. The van der Waals surface area contributed by atoms with Gasteiger partial charge in [0.1, 0.15) is 5.75 Å². The first-order valence-electron chi connectivity index (χ1n) is 6.02. The van der Waals surface area contributed by atoms with Crippen molar-refractivity contribution < 1.29 is 9.22 Å². The zero-order chi connectivity index (χ0) is 14.0. The molecule has 0 aliphatic heterocycles. The summed E-state index contributed by atoms with van der Waals surface area (Å²) in [7, 11) is -1.96. The Morgan fingerprint density at radius 3 is 2.33 bits per heavy atom. The number of Topliss-reactive ketones (excluding diaryl/α,β-unsaturated/α-hetero) is 1. The van der Waals surface area contributed by atoms with Crippen molar-refractivity contribution in [2.45, 2.75) is 38.9 Å². The second kappa shape index (κ2) is 5.06. The van der Waals surface area contributed by atoms with Crippen LogP contribution in [0.5, 0.6) is 5.75 Å². The molecule has 0 heterocycles. The number of rotatable bonds is 4. The van der Waals surface area contributed by atoms with E-state index < -0.39 is 8.32 Å². The summed E-state index contributed by atoms with van der Waals surface area (Å²) in [5, 5.41) is 7.16. The highest BCUT2D eigenvalue weighted by Crippen LogP contribution is 2.38. The van der Waals surface area contributed by atoms with Crippen LogP contribution < -0.4 is 4.43 Å². The van der Waals surface area contributed by atoms with E-state index in [1.165, 1.54) is 0 Å². The lowest BCUT2D eigenvalue weighted by atomic mass is 10.1. The second-order valence-electron chi connectivity index (χ2n) is 5.87. The van der Waals surface area contributed by atoms with Gasteiger partial charge in [-0.05, 0) is 30.3 Å². The van der Waals surface area contributed by atoms with Gasteiger partial charge >= 0.3 is 0 Å². The number of hydrogen-bond donors (Lipinski definition) is 1. The first-order chi connectivity index (χ1) is 8.19. The maximum absolute atomic E-state index is 11.7. The molecule has 0 saturated carbocycles. The predicted octanol–water partition coefficient (Wildman–Crippen LogP) is 3.90. The topological polar surface area (TPSA) is 50.2 Å². The first kappa shape index (κ1) is 14.6. The molecule has 0 saturated heterocycles. The van der Waals surface area contributed by atoms with E-state index in [1.54, 1.807) is 18.2 Å². The maximum Gasteiger partial charge on any atom is 0.250 e. The van der Waals surface area contributed by atoms with Gasteiger partial charge in [0.15, 0.2) is 0 Å². The van der Waals surface area contributed by atoms with Gasteiger partial charge in [0.2, 0.25) is 5.78 Å². The third-order valence-electron chi connectivity index (χ3n) is 3.45. The summed E-state index contributed by atoms with van der Waals surface area (Å²) in [6.07, 6.45) is 0.827. The van der Waals surface area contributed by atoms with Crippen molar-refractivity contribution in [2.75, 3.05) is 0 Å². The highest BCUT2D eigenvalue weighted by Gasteiger charge is 2.39. The van der Waals surface area contributed by atoms with Crippen LogP contribution in [0, 0.1) is 5.41 Å². The molecule has 0 unspecified atom stereocenters. The van der Waals surface area contributed by atoms with Crippen LogP contribution >= 0.6 is 0 Å². The molecule has 0 aromatic heterocycles. The molecule has 0 spiro atoms. The van der Waals surface area contributed by atoms with E-state index in [2.05, 4.69) is 33.9 Å². The van der Waals surface area contributed by atoms with Gasteiger partial charge in [0.25, 0.3) is 8.32 Å². The zero-order valence-corrected chi connectivity index (χ0v) is 12.7. The summed E-state index contributed by atoms with van der Waals surface area (Å²) >= 11 is 0. The van der Waals surface area contributed by atoms with Crippen LogP contribution in [0.4, 0.5) is 0 Å². The van der Waals surface area contributed by atoms with Crippen LogP contribution in [-0.4, -0.2) is 20.3 Å². The van der Waals surface area contributed by atoms with E-state index in [0.29, 0.717) is 11.3 Å². The lowest BCUT2D eigenvalue weighted by molar-refractivity contribution is 0.106. The van der Waals surface area contributed by atoms with E-state index >= 15 is 0 Å². The Hall–Kier alpha value is -1.42. The Balaban J connectivity index is 3.13. The molecule has 0 aliphatic rings. The zero-order valence-electron chi connectivity index (χ0n) is 11.7. The molecule has 1 aromatic carbocycles. The highest BCUT2D eigenvalue weighted by molar-refractivity contribution is 6.74. The largest absolute Gasteiger partial charge is 0.543 e. The number of carbonyl (C=O) groups excluding carboxylic acids is 1. The summed E-state index contributed by atoms with van der Waals surface area (Å²) in [6.45, 7) is 10.7. The van der Waals surface area contributed by atoms with Crippen molar-refractivity contribution in [3.8, 4) is 5.75 Å². The van der Waals surface area contributed by atoms with Gasteiger partial charge in [-0.1, -0.05) is 32.9 Å². The molecule has 1 aromatic rings. The van der Waals surface area contributed by atoms with Crippen LogP contribution in [0.15, 0.2) is 24.3 Å². The van der Waals surface area contributed by atoms with E-state index in [4.69, 9.17) is 9.84 Å². The normalized spacial score (nSPS) is 12.1. The van der Waals surface area contributed by atoms with Gasteiger partial charge in [0, 0.05) is 0 Å². The molecule has 0 amide bonds. The molecule has 4 heteroatoms. The molecular formula is C14H21NO2Si. The molecule has 98 valence electrons. The first-order valence-corrected chi connectivity index (χ1v) is 8.93. The summed E-state index contributed by atoms with van der Waals surface area (Å²) in [5.41, 5.74) is 0.470. The van der Waals surface area contributed by atoms with Gasteiger partial charge < -0.3 is 9.84 Å². The summed E-state index contributed by atoms with van der Waals surface area (Å²) < 4.78 is 6.14. The predicted molar refractivity (Wildman–Crippen MR) is 77.4 cm³/mol. The van der Waals surface area contributed by atoms with E-state index in [9.17, 15) is 4.79 Å².